The molecule has 0 heterocycles. The molecular weight excluding hydrogens is 272 g/mol. The van der Waals surface area contributed by atoms with E-state index in [0.717, 1.165) is 37.7 Å². The number of hydrazine groups is 1. The monoisotopic (exact) mass is 296 g/mol. The summed E-state index contributed by atoms with van der Waals surface area (Å²) >= 11 is 0. The second-order valence-corrected chi connectivity index (χ2v) is 7.00. The van der Waals surface area contributed by atoms with Crippen LogP contribution in [-0.2, 0) is 9.84 Å². The molecule has 5 heteroatoms. The second kappa shape index (κ2) is 8.19. The highest BCUT2D eigenvalue weighted by Gasteiger charge is 2.11. The molecule has 0 amide bonds. The van der Waals surface area contributed by atoms with Gasteiger partial charge >= 0.3 is 0 Å². The lowest BCUT2D eigenvalue weighted by molar-refractivity contribution is 0.483. The Morgan fingerprint density at radius 2 is 1.90 bits per heavy atom. The van der Waals surface area contributed by atoms with Crippen LogP contribution in [0.3, 0.4) is 0 Å². The summed E-state index contributed by atoms with van der Waals surface area (Å²) in [6, 6.07) is 6.97. The van der Waals surface area contributed by atoms with E-state index in [4.69, 9.17) is 5.84 Å². The van der Waals surface area contributed by atoms with E-state index < -0.39 is 9.84 Å². The van der Waals surface area contributed by atoms with Gasteiger partial charge in [0.15, 0.2) is 9.84 Å². The van der Waals surface area contributed by atoms with Gasteiger partial charge in [-0.1, -0.05) is 31.1 Å². The summed E-state index contributed by atoms with van der Waals surface area (Å²) in [5.41, 5.74) is 3.82. The molecule has 1 aromatic carbocycles. The third-order valence-electron chi connectivity index (χ3n) is 3.31. The molecule has 0 radical (unpaired) electrons. The predicted octanol–water partition coefficient (Wildman–Crippen LogP) is 2.73. The van der Waals surface area contributed by atoms with E-state index in [-0.39, 0.29) is 6.04 Å². The van der Waals surface area contributed by atoms with Crippen LogP contribution in [0, 0.1) is 0 Å². The normalized spacial score (nSPS) is 13.1. The first-order valence-electron chi connectivity index (χ1n) is 6.86. The molecular formula is C15H24N2O2S. The van der Waals surface area contributed by atoms with Crippen molar-refractivity contribution in [3.05, 3.63) is 42.5 Å². The molecule has 1 atom stereocenters. The molecule has 0 aliphatic carbocycles. The van der Waals surface area contributed by atoms with Gasteiger partial charge < -0.3 is 0 Å². The number of unbranched alkanes of at least 4 members (excludes halogenated alkanes) is 3. The highest BCUT2D eigenvalue weighted by atomic mass is 32.2. The van der Waals surface area contributed by atoms with Gasteiger partial charge in [-0.3, -0.25) is 11.3 Å². The van der Waals surface area contributed by atoms with Gasteiger partial charge in [-0.2, -0.15) is 0 Å². The first-order valence-corrected chi connectivity index (χ1v) is 8.75. The van der Waals surface area contributed by atoms with E-state index in [1.54, 1.807) is 12.1 Å². The molecule has 0 fully saturated rings. The number of allylic oxidation sites excluding steroid dienone is 1. The van der Waals surface area contributed by atoms with Crippen molar-refractivity contribution < 1.29 is 8.42 Å². The Morgan fingerprint density at radius 1 is 1.25 bits per heavy atom. The molecule has 0 saturated carbocycles. The highest BCUT2D eigenvalue weighted by Crippen LogP contribution is 2.21. The Morgan fingerprint density at radius 3 is 2.40 bits per heavy atom. The lowest BCUT2D eigenvalue weighted by Gasteiger charge is -2.16. The summed E-state index contributed by atoms with van der Waals surface area (Å²) in [5, 5.41) is 0. The lowest BCUT2D eigenvalue weighted by Crippen LogP contribution is -2.28. The number of nitrogens with two attached hydrogens (primary N) is 1. The molecule has 0 aromatic heterocycles. The quantitative estimate of drug-likeness (QED) is 0.318. The molecule has 3 N–H and O–H groups in total. The first-order chi connectivity index (χ1) is 9.49. The fraction of sp³-hybridized carbons (Fsp3) is 0.467. The molecule has 0 aliphatic heterocycles. The van der Waals surface area contributed by atoms with Crippen LogP contribution in [0.15, 0.2) is 41.8 Å². The van der Waals surface area contributed by atoms with Crippen LogP contribution in [0.2, 0.25) is 0 Å². The van der Waals surface area contributed by atoms with E-state index in [0.29, 0.717) is 4.90 Å². The van der Waals surface area contributed by atoms with Crippen LogP contribution >= 0.6 is 0 Å². The van der Waals surface area contributed by atoms with Gasteiger partial charge in [-0.15, -0.1) is 6.58 Å². The molecule has 0 spiro atoms. The van der Waals surface area contributed by atoms with Crippen molar-refractivity contribution in [2.24, 2.45) is 5.84 Å². The van der Waals surface area contributed by atoms with Gasteiger partial charge in [0, 0.05) is 12.3 Å². The molecule has 0 saturated heterocycles. The second-order valence-electron chi connectivity index (χ2n) is 4.99. The van der Waals surface area contributed by atoms with Crippen LogP contribution in [-0.4, -0.2) is 14.7 Å². The maximum Gasteiger partial charge on any atom is 0.175 e. The maximum absolute atomic E-state index is 11.4. The maximum atomic E-state index is 11.4. The standard InChI is InChI=1S/C15H24N2O2S/c1-3-4-5-6-7-8-15(17-16)13-9-11-14(12-10-13)20(2,18)19/h3,9-12,15,17H,1,4-8,16H2,2H3. The zero-order valence-electron chi connectivity index (χ0n) is 12.0. The van der Waals surface area contributed by atoms with Crippen molar-refractivity contribution in [1.82, 2.24) is 5.43 Å². The third kappa shape index (κ3) is 5.45. The number of hydrogen-bond acceptors (Lipinski definition) is 4. The van der Waals surface area contributed by atoms with E-state index in [2.05, 4.69) is 12.0 Å². The van der Waals surface area contributed by atoms with Crippen molar-refractivity contribution in [1.29, 1.82) is 0 Å². The number of hydrogen-bond donors (Lipinski definition) is 2. The minimum Gasteiger partial charge on any atom is -0.271 e. The van der Waals surface area contributed by atoms with Crippen LogP contribution in [0.1, 0.15) is 43.7 Å². The Labute approximate surface area is 122 Å². The minimum absolute atomic E-state index is 0.0624. The van der Waals surface area contributed by atoms with Crippen molar-refractivity contribution in [2.75, 3.05) is 6.26 Å². The summed E-state index contributed by atoms with van der Waals surface area (Å²) < 4.78 is 22.8. The average Bonchev–Trinajstić information content (AvgIpc) is 2.42. The molecule has 4 nitrogen and oxygen atoms in total. The molecule has 112 valence electrons. The largest absolute Gasteiger partial charge is 0.271 e. The summed E-state index contributed by atoms with van der Waals surface area (Å²) in [7, 11) is -3.14. The highest BCUT2D eigenvalue weighted by molar-refractivity contribution is 7.90. The topological polar surface area (TPSA) is 72.2 Å². The first kappa shape index (κ1) is 16.9. The van der Waals surface area contributed by atoms with E-state index in [1.165, 1.54) is 6.26 Å². The van der Waals surface area contributed by atoms with Crippen molar-refractivity contribution in [3.8, 4) is 0 Å². The summed E-state index contributed by atoms with van der Waals surface area (Å²) in [6.07, 6.45) is 8.49. The smallest absolute Gasteiger partial charge is 0.175 e. The van der Waals surface area contributed by atoms with Gasteiger partial charge in [-0.25, -0.2) is 8.42 Å². The Kier molecular flexibility index (Phi) is 6.91. The average molecular weight is 296 g/mol. The molecule has 1 rings (SSSR count). The molecule has 20 heavy (non-hydrogen) atoms. The van der Waals surface area contributed by atoms with Gasteiger partial charge in [-0.05, 0) is 37.0 Å². The van der Waals surface area contributed by atoms with Gasteiger partial charge in [0.2, 0.25) is 0 Å². The van der Waals surface area contributed by atoms with Crippen LogP contribution < -0.4 is 11.3 Å². The van der Waals surface area contributed by atoms with Crippen LogP contribution in [0.5, 0.6) is 0 Å². The zero-order chi connectivity index (χ0) is 15.0. The van der Waals surface area contributed by atoms with Crippen LogP contribution in [0.25, 0.3) is 0 Å². The zero-order valence-corrected chi connectivity index (χ0v) is 12.8. The fourth-order valence-corrected chi connectivity index (χ4v) is 2.74. The summed E-state index contributed by atoms with van der Waals surface area (Å²) in [6.45, 7) is 3.70. The lowest BCUT2D eigenvalue weighted by atomic mass is 10.0. The van der Waals surface area contributed by atoms with Gasteiger partial charge in [0.1, 0.15) is 0 Å². The Balaban J connectivity index is 2.59. The van der Waals surface area contributed by atoms with Crippen molar-refractivity contribution >= 4 is 9.84 Å². The van der Waals surface area contributed by atoms with Gasteiger partial charge in [0.25, 0.3) is 0 Å². The minimum atomic E-state index is -3.14. The number of sulfone groups is 1. The predicted molar refractivity (Wildman–Crippen MR) is 82.9 cm³/mol. The molecule has 1 aromatic rings. The number of rotatable bonds is 9. The van der Waals surface area contributed by atoms with Crippen molar-refractivity contribution in [2.45, 2.75) is 43.0 Å². The fourth-order valence-electron chi connectivity index (χ4n) is 2.11. The summed E-state index contributed by atoms with van der Waals surface area (Å²) in [4.78, 5) is 0.336. The van der Waals surface area contributed by atoms with Crippen LogP contribution in [0.4, 0.5) is 0 Å². The number of benzene rings is 1. The Bertz CT molecular complexity index is 509. The van der Waals surface area contributed by atoms with E-state index >= 15 is 0 Å². The molecule has 0 aliphatic rings. The molecule has 1 unspecified atom stereocenters. The van der Waals surface area contributed by atoms with E-state index in [9.17, 15) is 8.42 Å². The third-order valence-corrected chi connectivity index (χ3v) is 4.44. The molecule has 0 bridgehead atoms. The van der Waals surface area contributed by atoms with Crippen molar-refractivity contribution in [3.63, 3.8) is 0 Å². The SMILES string of the molecule is C=CCCCCCC(NN)c1ccc(S(C)(=O)=O)cc1. The summed E-state index contributed by atoms with van der Waals surface area (Å²) in [5.74, 6) is 5.59. The Hall–Kier alpha value is -1.17. The van der Waals surface area contributed by atoms with Gasteiger partial charge in [0.05, 0.1) is 4.90 Å². The van der Waals surface area contributed by atoms with E-state index in [1.807, 2.05) is 18.2 Å². The number of nitrogens with one attached hydrogen (secondary N) is 1.